The van der Waals surface area contributed by atoms with Gasteiger partial charge in [-0.25, -0.2) is 12.8 Å². The van der Waals surface area contributed by atoms with E-state index in [4.69, 9.17) is 4.74 Å². The molecule has 2 fully saturated rings. The van der Waals surface area contributed by atoms with Gasteiger partial charge in [0, 0.05) is 29.9 Å². The van der Waals surface area contributed by atoms with Crippen LogP contribution < -0.4 is 26.0 Å². The van der Waals surface area contributed by atoms with Crippen LogP contribution >= 0.6 is 0 Å². The number of rotatable bonds is 9. The van der Waals surface area contributed by atoms with Crippen molar-refractivity contribution in [1.82, 2.24) is 20.3 Å². The Morgan fingerprint density at radius 2 is 1.91 bits per heavy atom. The maximum absolute atomic E-state index is 14.2. The molecule has 1 aromatic carbocycles. The van der Waals surface area contributed by atoms with Crippen LogP contribution in [0.25, 0.3) is 0 Å². The number of halogens is 1. The summed E-state index contributed by atoms with van der Waals surface area (Å²) in [6.45, 7) is 3.11. The number of nitrogens with zero attached hydrogens (tertiary/aromatic N) is 3. The average molecular weight is 508 g/mol. The third-order valence-electron chi connectivity index (χ3n) is 6.50. The Hall–Kier alpha value is -2.73. The normalized spacial score (nSPS) is 22.7. The van der Waals surface area contributed by atoms with Gasteiger partial charge in [-0.15, -0.1) is 0 Å². The topological polar surface area (TPSA) is 130 Å². The number of benzene rings is 1. The van der Waals surface area contributed by atoms with Crippen LogP contribution in [0.3, 0.4) is 0 Å². The van der Waals surface area contributed by atoms with Crippen LogP contribution in [0, 0.1) is 5.82 Å². The summed E-state index contributed by atoms with van der Waals surface area (Å²) in [5, 5.41) is 13.3. The predicted molar refractivity (Wildman–Crippen MR) is 135 cm³/mol. The van der Waals surface area contributed by atoms with Crippen LogP contribution in [-0.4, -0.2) is 66.7 Å². The molecule has 192 valence electrons. The first-order valence-corrected chi connectivity index (χ1v) is 14.0. The first kappa shape index (κ1) is 25.4. The Kier molecular flexibility index (Phi) is 8.22. The lowest BCUT2D eigenvalue weighted by molar-refractivity contribution is 0.386. The van der Waals surface area contributed by atoms with Gasteiger partial charge in [0.2, 0.25) is 17.8 Å². The van der Waals surface area contributed by atoms with E-state index in [0.717, 1.165) is 25.8 Å². The largest absolute Gasteiger partial charge is 0.494 e. The minimum Gasteiger partial charge on any atom is -0.494 e. The van der Waals surface area contributed by atoms with Crippen LogP contribution in [0.15, 0.2) is 18.2 Å². The maximum Gasteiger partial charge on any atom is 0.233 e. The highest BCUT2D eigenvalue weighted by Gasteiger charge is 2.25. The Labute approximate surface area is 205 Å². The lowest BCUT2D eigenvalue weighted by Gasteiger charge is -2.24. The van der Waals surface area contributed by atoms with Gasteiger partial charge in [0.05, 0.1) is 18.6 Å². The second kappa shape index (κ2) is 11.3. The second-order valence-electron chi connectivity index (χ2n) is 9.07. The van der Waals surface area contributed by atoms with E-state index in [2.05, 4.69) is 43.1 Å². The van der Waals surface area contributed by atoms with Crippen LogP contribution in [0.5, 0.6) is 5.75 Å². The molecule has 2 aliphatic heterocycles. The molecule has 0 amide bonds. The SMILES string of the molecule is CCC(Nc1nc(Nc2ccc(OC)c(F)c2)nc(NC2CCCS(=O)(=O)CC2)n1)C1CCCN1. The first-order chi connectivity index (χ1) is 16.8. The highest BCUT2D eigenvalue weighted by atomic mass is 32.2. The molecule has 1 aromatic heterocycles. The van der Waals surface area contributed by atoms with Crippen molar-refractivity contribution < 1.29 is 17.5 Å². The number of hydrogen-bond donors (Lipinski definition) is 4. The summed E-state index contributed by atoms with van der Waals surface area (Å²) in [6, 6.07) is 4.93. The summed E-state index contributed by atoms with van der Waals surface area (Å²) in [5.74, 6) is 0.999. The lowest BCUT2D eigenvalue weighted by Crippen LogP contribution is -2.40. The van der Waals surface area contributed by atoms with Crippen molar-refractivity contribution in [2.24, 2.45) is 0 Å². The molecule has 0 aliphatic carbocycles. The summed E-state index contributed by atoms with van der Waals surface area (Å²) < 4.78 is 43.2. The highest BCUT2D eigenvalue weighted by molar-refractivity contribution is 7.91. The Bertz CT molecular complexity index is 1110. The Morgan fingerprint density at radius 1 is 1.11 bits per heavy atom. The van der Waals surface area contributed by atoms with E-state index in [0.29, 0.717) is 42.9 Å². The summed E-state index contributed by atoms with van der Waals surface area (Å²) in [6.07, 6.45) is 4.90. The summed E-state index contributed by atoms with van der Waals surface area (Å²) >= 11 is 0. The molecule has 2 aliphatic rings. The summed E-state index contributed by atoms with van der Waals surface area (Å²) in [7, 11) is -1.60. The molecule has 12 heteroatoms. The smallest absolute Gasteiger partial charge is 0.233 e. The molecule has 10 nitrogen and oxygen atoms in total. The molecule has 0 bridgehead atoms. The molecule has 3 heterocycles. The molecule has 35 heavy (non-hydrogen) atoms. The van der Waals surface area contributed by atoms with Crippen molar-refractivity contribution in [2.45, 2.75) is 63.6 Å². The van der Waals surface area contributed by atoms with Gasteiger partial charge in [-0.05, 0) is 57.2 Å². The summed E-state index contributed by atoms with van der Waals surface area (Å²) in [5.41, 5.74) is 0.469. The van der Waals surface area contributed by atoms with E-state index >= 15 is 0 Å². The monoisotopic (exact) mass is 507 g/mol. The third kappa shape index (κ3) is 6.91. The standard InChI is InChI=1S/C23H34FN7O3S/c1-3-18(19-7-4-11-25-19)28-23-30-21(26-15-6-5-12-35(32,33)13-10-15)29-22(31-23)27-16-8-9-20(34-2)17(24)14-16/h8-9,14-15,18-19,25H,3-7,10-13H2,1-2H3,(H3,26,27,28,29,30,31). The molecular weight excluding hydrogens is 473 g/mol. The molecular formula is C23H34FN7O3S. The zero-order valence-corrected chi connectivity index (χ0v) is 21.0. The number of nitrogens with one attached hydrogen (secondary N) is 4. The maximum atomic E-state index is 14.2. The van der Waals surface area contributed by atoms with Crippen molar-refractivity contribution in [2.75, 3.05) is 41.1 Å². The van der Waals surface area contributed by atoms with E-state index in [1.54, 1.807) is 6.07 Å². The van der Waals surface area contributed by atoms with E-state index in [1.807, 2.05) is 0 Å². The number of methoxy groups -OCH3 is 1. The number of aromatic nitrogens is 3. The van der Waals surface area contributed by atoms with Crippen LogP contribution in [0.1, 0.15) is 45.4 Å². The number of ether oxygens (including phenoxy) is 1. The van der Waals surface area contributed by atoms with Crippen LogP contribution in [0.2, 0.25) is 0 Å². The molecule has 3 unspecified atom stereocenters. The zero-order chi connectivity index (χ0) is 24.8. The van der Waals surface area contributed by atoms with Crippen molar-refractivity contribution in [3.8, 4) is 5.75 Å². The third-order valence-corrected chi connectivity index (χ3v) is 8.27. The van der Waals surface area contributed by atoms with Crippen molar-refractivity contribution >= 4 is 33.4 Å². The average Bonchev–Trinajstić information content (AvgIpc) is 3.30. The molecule has 2 aromatic rings. The number of sulfone groups is 1. The van der Waals surface area contributed by atoms with Crippen molar-refractivity contribution in [1.29, 1.82) is 0 Å². The van der Waals surface area contributed by atoms with Gasteiger partial charge in [-0.1, -0.05) is 6.92 Å². The Morgan fingerprint density at radius 3 is 2.63 bits per heavy atom. The molecule has 4 rings (SSSR count). The predicted octanol–water partition coefficient (Wildman–Crippen LogP) is 3.08. The summed E-state index contributed by atoms with van der Waals surface area (Å²) in [4.78, 5) is 13.6. The second-order valence-corrected chi connectivity index (χ2v) is 11.4. The van der Waals surface area contributed by atoms with E-state index < -0.39 is 15.7 Å². The van der Waals surface area contributed by atoms with Gasteiger partial charge in [-0.2, -0.15) is 15.0 Å². The number of hydrogen-bond acceptors (Lipinski definition) is 10. The fraction of sp³-hybridized carbons (Fsp3) is 0.609. The first-order valence-electron chi connectivity index (χ1n) is 12.2. The van der Waals surface area contributed by atoms with E-state index in [-0.39, 0.29) is 35.3 Å². The van der Waals surface area contributed by atoms with Gasteiger partial charge in [0.15, 0.2) is 11.6 Å². The van der Waals surface area contributed by atoms with Gasteiger partial charge in [0.25, 0.3) is 0 Å². The quantitative estimate of drug-likeness (QED) is 0.402. The minimum atomic E-state index is -3.01. The molecule has 0 radical (unpaired) electrons. The van der Waals surface area contributed by atoms with E-state index in [9.17, 15) is 12.8 Å². The molecule has 0 spiro atoms. The van der Waals surface area contributed by atoms with Gasteiger partial charge >= 0.3 is 0 Å². The van der Waals surface area contributed by atoms with Crippen LogP contribution in [-0.2, 0) is 9.84 Å². The van der Waals surface area contributed by atoms with Gasteiger partial charge in [-0.3, -0.25) is 0 Å². The van der Waals surface area contributed by atoms with Gasteiger partial charge in [0.1, 0.15) is 9.84 Å². The van der Waals surface area contributed by atoms with Crippen LogP contribution in [0.4, 0.5) is 27.9 Å². The Balaban J connectivity index is 1.57. The molecule has 4 N–H and O–H groups in total. The van der Waals surface area contributed by atoms with Crippen molar-refractivity contribution in [3.63, 3.8) is 0 Å². The fourth-order valence-corrected chi connectivity index (χ4v) is 6.04. The molecule has 3 atom stereocenters. The van der Waals surface area contributed by atoms with Crippen molar-refractivity contribution in [3.05, 3.63) is 24.0 Å². The highest BCUT2D eigenvalue weighted by Crippen LogP contribution is 2.24. The van der Waals surface area contributed by atoms with E-state index in [1.165, 1.54) is 19.2 Å². The number of anilines is 4. The fourth-order valence-electron chi connectivity index (χ4n) is 4.59. The zero-order valence-electron chi connectivity index (χ0n) is 20.2. The molecule has 2 saturated heterocycles. The lowest BCUT2D eigenvalue weighted by atomic mass is 10.0. The minimum absolute atomic E-state index is 0.0627. The molecule has 0 saturated carbocycles. The van der Waals surface area contributed by atoms with Gasteiger partial charge < -0.3 is 26.0 Å².